The minimum Gasteiger partial charge on any atom is -0.309 e. The van der Waals surface area contributed by atoms with E-state index in [1.54, 1.807) is 6.07 Å². The first kappa shape index (κ1) is 10.0. The van der Waals surface area contributed by atoms with E-state index in [2.05, 4.69) is 22.1 Å². The van der Waals surface area contributed by atoms with Crippen molar-refractivity contribution >= 4 is 11.6 Å². The van der Waals surface area contributed by atoms with Gasteiger partial charge < -0.3 is 5.32 Å². The molecule has 0 aliphatic heterocycles. The second-order valence-corrected chi connectivity index (χ2v) is 2.99. The molecule has 0 fully saturated rings. The van der Waals surface area contributed by atoms with Crippen LogP contribution in [0, 0.1) is 18.8 Å². The smallest absolute Gasteiger partial charge is 0.129 e. The summed E-state index contributed by atoms with van der Waals surface area (Å²) in [6, 6.07) is 3.63. The van der Waals surface area contributed by atoms with Gasteiger partial charge in [-0.1, -0.05) is 23.4 Å². The molecule has 0 saturated heterocycles. The fourth-order valence-corrected chi connectivity index (χ4v) is 1.08. The summed E-state index contributed by atoms with van der Waals surface area (Å²) in [6.45, 7) is 2.58. The summed E-state index contributed by atoms with van der Waals surface area (Å²) in [7, 11) is 1.86. The number of rotatable bonds is 1. The second-order valence-electron chi connectivity index (χ2n) is 2.60. The third-order valence-corrected chi connectivity index (χ3v) is 1.75. The largest absolute Gasteiger partial charge is 0.309 e. The number of hydrogen-bond acceptors (Lipinski definition) is 2. The number of aromatic nitrogens is 1. The molecule has 0 unspecified atom stereocenters. The van der Waals surface area contributed by atoms with E-state index in [1.807, 2.05) is 20.0 Å². The summed E-state index contributed by atoms with van der Waals surface area (Å²) in [4.78, 5) is 4.09. The average Bonchev–Trinajstić information content (AvgIpc) is 2.09. The van der Waals surface area contributed by atoms with Crippen molar-refractivity contribution in [2.45, 2.75) is 6.92 Å². The van der Waals surface area contributed by atoms with Crippen LogP contribution in [0.25, 0.3) is 0 Å². The van der Waals surface area contributed by atoms with Gasteiger partial charge in [-0.2, -0.15) is 0 Å². The summed E-state index contributed by atoms with van der Waals surface area (Å²) < 4.78 is 0. The van der Waals surface area contributed by atoms with Crippen molar-refractivity contribution in [3.63, 3.8) is 0 Å². The van der Waals surface area contributed by atoms with Crippen molar-refractivity contribution in [3.8, 4) is 11.8 Å². The molecule has 0 saturated carbocycles. The zero-order valence-corrected chi connectivity index (χ0v) is 8.44. The molecular formula is C10H11ClN2. The highest BCUT2D eigenvalue weighted by molar-refractivity contribution is 6.29. The molecule has 0 radical (unpaired) electrons. The maximum absolute atomic E-state index is 5.71. The third kappa shape index (κ3) is 3.06. The molecule has 1 aromatic rings. The fraction of sp³-hybridized carbons (Fsp3) is 0.300. The van der Waals surface area contributed by atoms with E-state index < -0.39 is 0 Å². The molecule has 1 aromatic heterocycles. The van der Waals surface area contributed by atoms with Gasteiger partial charge in [-0.05, 0) is 26.1 Å². The van der Waals surface area contributed by atoms with Gasteiger partial charge in [0.25, 0.3) is 0 Å². The summed E-state index contributed by atoms with van der Waals surface area (Å²) in [6.07, 6.45) is 0. The number of aryl methyl sites for hydroxylation is 1. The van der Waals surface area contributed by atoms with Crippen molar-refractivity contribution in [1.29, 1.82) is 0 Å². The van der Waals surface area contributed by atoms with Gasteiger partial charge in [-0.25, -0.2) is 4.98 Å². The number of pyridine rings is 1. The second kappa shape index (κ2) is 4.86. The number of halogens is 1. The van der Waals surface area contributed by atoms with E-state index in [-0.39, 0.29) is 0 Å². The Morgan fingerprint density at radius 1 is 1.54 bits per heavy atom. The summed E-state index contributed by atoms with van der Waals surface area (Å²) in [5.41, 5.74) is 1.80. The quantitative estimate of drug-likeness (QED) is 0.543. The monoisotopic (exact) mass is 194 g/mol. The predicted octanol–water partition coefficient (Wildman–Crippen LogP) is 1.61. The Labute approximate surface area is 83.3 Å². The highest BCUT2D eigenvalue weighted by Gasteiger charge is 1.95. The molecule has 68 valence electrons. The van der Waals surface area contributed by atoms with Gasteiger partial charge in [0.05, 0.1) is 12.2 Å². The minimum atomic E-state index is 0.511. The first-order valence-electron chi connectivity index (χ1n) is 4.00. The Balaban J connectivity index is 2.85. The van der Waals surface area contributed by atoms with Gasteiger partial charge in [-0.15, -0.1) is 0 Å². The molecular weight excluding hydrogens is 184 g/mol. The van der Waals surface area contributed by atoms with E-state index >= 15 is 0 Å². The Kier molecular flexibility index (Phi) is 3.75. The van der Waals surface area contributed by atoms with Crippen molar-refractivity contribution in [3.05, 3.63) is 28.5 Å². The van der Waals surface area contributed by atoms with E-state index in [0.29, 0.717) is 11.7 Å². The first-order chi connectivity index (χ1) is 6.24. The number of hydrogen-bond donors (Lipinski definition) is 1. The number of nitrogens with zero attached hydrogens (tertiary/aromatic N) is 1. The summed E-state index contributed by atoms with van der Waals surface area (Å²) in [5, 5.41) is 3.46. The van der Waals surface area contributed by atoms with Crippen LogP contribution in [0.4, 0.5) is 0 Å². The van der Waals surface area contributed by atoms with Crippen LogP contribution in [-0.2, 0) is 0 Å². The predicted molar refractivity (Wildman–Crippen MR) is 54.8 cm³/mol. The highest BCUT2D eigenvalue weighted by Crippen LogP contribution is 2.08. The van der Waals surface area contributed by atoms with Gasteiger partial charge in [-0.3, -0.25) is 0 Å². The Bertz CT molecular complexity index is 350. The first-order valence-corrected chi connectivity index (χ1v) is 4.38. The molecule has 1 rings (SSSR count). The lowest BCUT2D eigenvalue weighted by Crippen LogP contribution is -2.04. The molecule has 0 spiro atoms. The normalized spacial score (nSPS) is 9.15. The topological polar surface area (TPSA) is 24.9 Å². The van der Waals surface area contributed by atoms with Crippen LogP contribution in [0.3, 0.4) is 0 Å². The SMILES string of the molecule is CNCC#Cc1ccc(Cl)nc1C. The molecule has 0 bridgehead atoms. The Hall–Kier alpha value is -1.04. The molecule has 1 heterocycles. The molecule has 0 amide bonds. The zero-order chi connectivity index (χ0) is 9.68. The van der Waals surface area contributed by atoms with Crippen LogP contribution < -0.4 is 5.32 Å². The Morgan fingerprint density at radius 2 is 2.31 bits per heavy atom. The minimum absolute atomic E-state index is 0.511. The van der Waals surface area contributed by atoms with Crippen molar-refractivity contribution in [2.75, 3.05) is 13.6 Å². The van der Waals surface area contributed by atoms with Crippen molar-refractivity contribution < 1.29 is 0 Å². The lowest BCUT2D eigenvalue weighted by molar-refractivity contribution is 0.938. The van der Waals surface area contributed by atoms with Crippen LogP contribution in [0.5, 0.6) is 0 Å². The lowest BCUT2D eigenvalue weighted by atomic mass is 10.2. The van der Waals surface area contributed by atoms with Crippen LogP contribution in [0.2, 0.25) is 5.15 Å². The average molecular weight is 195 g/mol. The highest BCUT2D eigenvalue weighted by atomic mass is 35.5. The van der Waals surface area contributed by atoms with E-state index in [0.717, 1.165) is 11.3 Å². The van der Waals surface area contributed by atoms with Gasteiger partial charge in [0.1, 0.15) is 5.15 Å². The molecule has 0 aromatic carbocycles. The van der Waals surface area contributed by atoms with Crippen LogP contribution in [0.1, 0.15) is 11.3 Å². The Morgan fingerprint density at radius 3 is 2.92 bits per heavy atom. The molecule has 13 heavy (non-hydrogen) atoms. The zero-order valence-electron chi connectivity index (χ0n) is 7.69. The van der Waals surface area contributed by atoms with E-state index in [1.165, 1.54) is 0 Å². The maximum Gasteiger partial charge on any atom is 0.129 e. The van der Waals surface area contributed by atoms with Crippen LogP contribution >= 0.6 is 11.6 Å². The summed E-state index contributed by atoms with van der Waals surface area (Å²) in [5.74, 6) is 5.97. The van der Waals surface area contributed by atoms with Crippen LogP contribution in [0.15, 0.2) is 12.1 Å². The third-order valence-electron chi connectivity index (χ3n) is 1.54. The standard InChI is InChI=1S/C10H11ClN2/c1-8-9(4-3-7-12-2)5-6-10(11)13-8/h5-6,12H,7H2,1-2H3. The molecule has 2 nitrogen and oxygen atoms in total. The summed E-state index contributed by atoms with van der Waals surface area (Å²) >= 11 is 5.71. The van der Waals surface area contributed by atoms with Crippen molar-refractivity contribution in [1.82, 2.24) is 10.3 Å². The van der Waals surface area contributed by atoms with E-state index in [9.17, 15) is 0 Å². The van der Waals surface area contributed by atoms with Crippen molar-refractivity contribution in [2.24, 2.45) is 0 Å². The number of nitrogens with one attached hydrogen (secondary N) is 1. The molecule has 0 atom stereocenters. The van der Waals surface area contributed by atoms with Crippen LogP contribution in [-0.4, -0.2) is 18.6 Å². The van der Waals surface area contributed by atoms with Gasteiger partial charge >= 0.3 is 0 Å². The molecule has 0 aliphatic carbocycles. The maximum atomic E-state index is 5.71. The van der Waals surface area contributed by atoms with Gasteiger partial charge in [0.2, 0.25) is 0 Å². The fourth-order valence-electron chi connectivity index (χ4n) is 0.890. The molecule has 0 aliphatic rings. The lowest BCUT2D eigenvalue weighted by Gasteiger charge is -1.96. The molecule has 3 heteroatoms. The molecule has 1 N–H and O–H groups in total. The van der Waals surface area contributed by atoms with E-state index in [4.69, 9.17) is 11.6 Å². The van der Waals surface area contributed by atoms with Gasteiger partial charge in [0, 0.05) is 5.56 Å². The van der Waals surface area contributed by atoms with Gasteiger partial charge in [0.15, 0.2) is 0 Å².